The Bertz CT molecular complexity index is 251. The van der Waals surface area contributed by atoms with Crippen molar-refractivity contribution in [2.24, 2.45) is 11.8 Å². The van der Waals surface area contributed by atoms with Crippen molar-refractivity contribution in [3.8, 4) is 0 Å². The molecule has 0 aromatic heterocycles. The number of β-lactam (4-membered cyclic amide) rings is 1. The van der Waals surface area contributed by atoms with Gasteiger partial charge in [-0.1, -0.05) is 12.8 Å². The lowest BCUT2D eigenvalue weighted by Gasteiger charge is -2.43. The maximum absolute atomic E-state index is 11.5. The SMILES string of the molecule is O=C1CC2C3CCCCC(CC3)CN12. The van der Waals surface area contributed by atoms with E-state index in [0.29, 0.717) is 11.9 Å². The van der Waals surface area contributed by atoms with E-state index in [1.807, 2.05) is 0 Å². The van der Waals surface area contributed by atoms with E-state index < -0.39 is 0 Å². The molecule has 2 nitrogen and oxygen atoms in total. The number of fused-ring (bicyclic) bond motifs is 5. The third kappa shape index (κ3) is 1.27. The number of amides is 1. The average molecular weight is 193 g/mol. The van der Waals surface area contributed by atoms with Gasteiger partial charge in [0.15, 0.2) is 0 Å². The molecule has 3 rings (SSSR count). The van der Waals surface area contributed by atoms with Crippen LogP contribution in [0.3, 0.4) is 0 Å². The van der Waals surface area contributed by atoms with Crippen molar-refractivity contribution in [3.63, 3.8) is 0 Å². The first-order valence-corrected chi connectivity index (χ1v) is 6.14. The van der Waals surface area contributed by atoms with Crippen LogP contribution in [0.25, 0.3) is 0 Å². The predicted octanol–water partition coefficient (Wildman–Crippen LogP) is 2.19. The number of carbonyl (C=O) groups is 1. The van der Waals surface area contributed by atoms with E-state index in [1.54, 1.807) is 0 Å². The van der Waals surface area contributed by atoms with Crippen molar-refractivity contribution in [1.82, 2.24) is 4.90 Å². The van der Waals surface area contributed by atoms with Gasteiger partial charge in [-0.25, -0.2) is 0 Å². The number of rotatable bonds is 0. The van der Waals surface area contributed by atoms with E-state index in [9.17, 15) is 4.79 Å². The molecule has 3 atom stereocenters. The van der Waals surface area contributed by atoms with Gasteiger partial charge in [-0.05, 0) is 37.5 Å². The van der Waals surface area contributed by atoms with Crippen molar-refractivity contribution in [2.45, 2.75) is 51.0 Å². The number of hydrogen-bond donors (Lipinski definition) is 0. The summed E-state index contributed by atoms with van der Waals surface area (Å²) in [4.78, 5) is 13.7. The topological polar surface area (TPSA) is 20.3 Å². The Balaban J connectivity index is 1.83. The van der Waals surface area contributed by atoms with Crippen LogP contribution in [0, 0.1) is 11.8 Å². The summed E-state index contributed by atoms with van der Waals surface area (Å²) in [6, 6.07) is 0.644. The van der Waals surface area contributed by atoms with Crippen molar-refractivity contribution in [3.05, 3.63) is 0 Å². The first kappa shape index (κ1) is 8.75. The van der Waals surface area contributed by atoms with Gasteiger partial charge in [-0.15, -0.1) is 0 Å². The standard InChI is InChI=1S/C12H19NO/c14-12-7-11-10-4-2-1-3-9(5-6-10)8-13(11)12/h9-11H,1-8H2. The lowest BCUT2D eigenvalue weighted by atomic mass is 9.81. The molecule has 2 aliphatic heterocycles. The van der Waals surface area contributed by atoms with Gasteiger partial charge in [-0.2, -0.15) is 0 Å². The molecule has 2 heteroatoms. The Morgan fingerprint density at radius 1 is 1.07 bits per heavy atom. The van der Waals surface area contributed by atoms with Crippen molar-refractivity contribution in [2.75, 3.05) is 6.54 Å². The van der Waals surface area contributed by atoms with Crippen LogP contribution in [-0.4, -0.2) is 23.4 Å². The monoisotopic (exact) mass is 193 g/mol. The lowest BCUT2D eigenvalue weighted by Crippen LogP contribution is -2.55. The van der Waals surface area contributed by atoms with Gasteiger partial charge < -0.3 is 4.90 Å². The van der Waals surface area contributed by atoms with E-state index >= 15 is 0 Å². The minimum absolute atomic E-state index is 0.425. The highest BCUT2D eigenvalue weighted by atomic mass is 16.2. The van der Waals surface area contributed by atoms with E-state index in [0.717, 1.165) is 24.8 Å². The second kappa shape index (κ2) is 3.25. The van der Waals surface area contributed by atoms with E-state index in [2.05, 4.69) is 4.90 Å². The molecular weight excluding hydrogens is 174 g/mol. The van der Waals surface area contributed by atoms with Crippen molar-refractivity contribution in [1.29, 1.82) is 0 Å². The Labute approximate surface area is 85.7 Å². The van der Waals surface area contributed by atoms with Gasteiger partial charge in [0.2, 0.25) is 5.91 Å². The average Bonchev–Trinajstić information content (AvgIpc) is 2.22. The fourth-order valence-electron chi connectivity index (χ4n) is 3.56. The molecular formula is C12H19NO. The van der Waals surface area contributed by atoms with Crippen LogP contribution in [0.15, 0.2) is 0 Å². The van der Waals surface area contributed by atoms with Gasteiger partial charge in [0.1, 0.15) is 0 Å². The van der Waals surface area contributed by atoms with Gasteiger partial charge in [0.25, 0.3) is 0 Å². The van der Waals surface area contributed by atoms with Crippen LogP contribution in [0.4, 0.5) is 0 Å². The Hall–Kier alpha value is -0.530. The number of hydrogen-bond acceptors (Lipinski definition) is 1. The van der Waals surface area contributed by atoms with Crippen molar-refractivity contribution < 1.29 is 4.79 Å². The van der Waals surface area contributed by atoms with Crippen LogP contribution >= 0.6 is 0 Å². The van der Waals surface area contributed by atoms with Crippen molar-refractivity contribution >= 4 is 5.91 Å². The third-order valence-electron chi connectivity index (χ3n) is 4.49. The molecule has 3 aliphatic rings. The molecule has 0 N–H and O–H groups in total. The maximum Gasteiger partial charge on any atom is 0.224 e. The Kier molecular flexibility index (Phi) is 2.03. The normalized spacial score (nSPS) is 42.1. The zero-order chi connectivity index (χ0) is 9.54. The molecule has 0 aromatic carbocycles. The predicted molar refractivity (Wildman–Crippen MR) is 54.8 cm³/mol. The lowest BCUT2D eigenvalue weighted by molar-refractivity contribution is -0.148. The summed E-state index contributed by atoms with van der Waals surface area (Å²) < 4.78 is 0. The van der Waals surface area contributed by atoms with Crippen LogP contribution in [0.2, 0.25) is 0 Å². The van der Waals surface area contributed by atoms with E-state index in [4.69, 9.17) is 0 Å². The fourth-order valence-corrected chi connectivity index (χ4v) is 3.56. The highest BCUT2D eigenvalue weighted by molar-refractivity contribution is 5.83. The summed E-state index contributed by atoms with van der Waals surface area (Å²) in [5, 5.41) is 0. The molecule has 1 aliphatic carbocycles. The molecule has 14 heavy (non-hydrogen) atoms. The van der Waals surface area contributed by atoms with E-state index in [1.165, 1.54) is 38.5 Å². The fraction of sp³-hybridized carbons (Fsp3) is 0.917. The van der Waals surface area contributed by atoms with Gasteiger partial charge in [0.05, 0.1) is 0 Å². The molecule has 3 fully saturated rings. The molecule has 3 unspecified atom stereocenters. The molecule has 1 saturated carbocycles. The molecule has 2 saturated heterocycles. The number of carbonyl (C=O) groups excluding carboxylic acids is 1. The summed E-state index contributed by atoms with van der Waals surface area (Å²) in [5.41, 5.74) is 0. The molecule has 1 amide bonds. The minimum Gasteiger partial charge on any atom is -0.339 e. The zero-order valence-corrected chi connectivity index (χ0v) is 8.74. The largest absolute Gasteiger partial charge is 0.339 e. The first-order chi connectivity index (χ1) is 6.84. The van der Waals surface area contributed by atoms with Crippen LogP contribution < -0.4 is 0 Å². The molecule has 0 radical (unpaired) electrons. The summed E-state index contributed by atoms with van der Waals surface area (Å²) in [7, 11) is 0. The first-order valence-electron chi connectivity index (χ1n) is 6.14. The van der Waals surface area contributed by atoms with Crippen LogP contribution in [0.1, 0.15) is 44.9 Å². The minimum atomic E-state index is 0.425. The Morgan fingerprint density at radius 2 is 1.93 bits per heavy atom. The second-order valence-electron chi connectivity index (χ2n) is 5.31. The molecule has 78 valence electrons. The Morgan fingerprint density at radius 3 is 2.79 bits per heavy atom. The van der Waals surface area contributed by atoms with Gasteiger partial charge >= 0.3 is 0 Å². The summed E-state index contributed by atoms with van der Waals surface area (Å²) in [6.07, 6.45) is 9.17. The highest BCUT2D eigenvalue weighted by Crippen LogP contribution is 2.40. The molecule has 2 bridgehead atoms. The zero-order valence-electron chi connectivity index (χ0n) is 8.74. The van der Waals surface area contributed by atoms with Crippen LogP contribution in [-0.2, 0) is 4.79 Å². The van der Waals surface area contributed by atoms with Gasteiger partial charge in [-0.3, -0.25) is 4.79 Å². The van der Waals surface area contributed by atoms with Gasteiger partial charge in [0, 0.05) is 19.0 Å². The second-order valence-corrected chi connectivity index (χ2v) is 5.31. The summed E-state index contributed by atoms with van der Waals surface area (Å²) >= 11 is 0. The summed E-state index contributed by atoms with van der Waals surface area (Å²) in [6.45, 7) is 1.08. The molecule has 0 spiro atoms. The van der Waals surface area contributed by atoms with E-state index in [-0.39, 0.29) is 0 Å². The number of nitrogens with zero attached hydrogens (tertiary/aromatic N) is 1. The summed E-state index contributed by atoms with van der Waals surface area (Å²) in [5.74, 6) is 2.10. The quantitative estimate of drug-likeness (QED) is 0.540. The smallest absolute Gasteiger partial charge is 0.224 e. The molecule has 0 aromatic rings. The third-order valence-corrected chi connectivity index (χ3v) is 4.49. The molecule has 2 heterocycles. The maximum atomic E-state index is 11.5. The van der Waals surface area contributed by atoms with Crippen LogP contribution in [0.5, 0.6) is 0 Å². The highest BCUT2D eigenvalue weighted by Gasteiger charge is 2.44.